The maximum absolute atomic E-state index is 15.2. The number of hydrogen-bond acceptors (Lipinski definition) is 5. The van der Waals surface area contributed by atoms with Crippen LogP contribution in [0.3, 0.4) is 0 Å². The van der Waals surface area contributed by atoms with Gasteiger partial charge in [0.05, 0.1) is 23.1 Å². The Labute approximate surface area is 212 Å². The first-order valence-corrected chi connectivity index (χ1v) is 12.7. The van der Waals surface area contributed by atoms with Crippen molar-refractivity contribution in [2.45, 2.75) is 57.4 Å². The second-order valence-electron chi connectivity index (χ2n) is 9.98. The third-order valence-corrected chi connectivity index (χ3v) is 7.31. The van der Waals surface area contributed by atoms with Gasteiger partial charge in [-0.05, 0) is 50.8 Å². The Morgan fingerprint density at radius 1 is 1.08 bits per heavy atom. The number of carbonyl (C=O) groups is 2. The van der Waals surface area contributed by atoms with Crippen molar-refractivity contribution in [1.29, 1.82) is 0 Å². The van der Waals surface area contributed by atoms with Crippen LogP contribution in [-0.2, 0) is 0 Å². The molecule has 9 nitrogen and oxygen atoms in total. The molecule has 1 aliphatic carbocycles. The topological polar surface area (TPSA) is 106 Å². The lowest BCUT2D eigenvalue weighted by molar-refractivity contribution is 0.0684. The van der Waals surface area contributed by atoms with Gasteiger partial charge in [-0.3, -0.25) is 4.79 Å². The van der Waals surface area contributed by atoms with Crippen LogP contribution in [0.1, 0.15) is 77.9 Å². The van der Waals surface area contributed by atoms with Gasteiger partial charge in [-0.2, -0.15) is 10.2 Å². The molecule has 2 fully saturated rings. The Morgan fingerprint density at radius 3 is 2.65 bits per heavy atom. The number of rotatable bonds is 5. The van der Waals surface area contributed by atoms with Crippen molar-refractivity contribution in [2.24, 2.45) is 0 Å². The number of carboxylic acids is 1. The number of fused-ring (bicyclic) bond motifs is 1. The monoisotopic (exact) mass is 502 g/mol. The van der Waals surface area contributed by atoms with E-state index in [-0.39, 0.29) is 23.1 Å². The molecule has 2 aliphatic rings. The second kappa shape index (κ2) is 9.10. The highest BCUT2D eigenvalue weighted by atomic mass is 19.1. The molecule has 1 N–H and O–H groups in total. The maximum Gasteiger partial charge on any atom is 0.338 e. The van der Waals surface area contributed by atoms with Crippen molar-refractivity contribution in [3.05, 3.63) is 65.5 Å². The van der Waals surface area contributed by atoms with E-state index in [0.29, 0.717) is 28.6 Å². The maximum atomic E-state index is 15.2. The number of nitrogens with zero attached hydrogens (tertiary/aromatic N) is 6. The van der Waals surface area contributed by atoms with Crippen LogP contribution in [0, 0.1) is 5.82 Å². The SMILES string of the molecule is C[C@@H]1CCCCCN1C(=O)c1cc(C2CC2)n2nc(-c3ccc(-n4cc(C(=O)O)cn4)cc3F)cc2n1. The van der Waals surface area contributed by atoms with E-state index >= 15 is 4.39 Å². The van der Waals surface area contributed by atoms with Crippen LogP contribution in [0.4, 0.5) is 4.39 Å². The number of aromatic nitrogens is 5. The first-order valence-electron chi connectivity index (χ1n) is 12.7. The summed E-state index contributed by atoms with van der Waals surface area (Å²) < 4.78 is 18.3. The molecule has 1 amide bonds. The highest BCUT2D eigenvalue weighted by Crippen LogP contribution is 2.40. The molecule has 0 radical (unpaired) electrons. The highest BCUT2D eigenvalue weighted by Gasteiger charge is 2.31. The molecule has 6 rings (SSSR count). The van der Waals surface area contributed by atoms with E-state index in [4.69, 9.17) is 5.11 Å². The van der Waals surface area contributed by atoms with E-state index in [2.05, 4.69) is 22.1 Å². The van der Waals surface area contributed by atoms with Gasteiger partial charge in [0.25, 0.3) is 5.91 Å². The van der Waals surface area contributed by atoms with E-state index in [9.17, 15) is 9.59 Å². The average Bonchev–Trinajstić information content (AvgIpc) is 3.50. The predicted octanol–water partition coefficient (Wildman–Crippen LogP) is 4.70. The van der Waals surface area contributed by atoms with Crippen LogP contribution < -0.4 is 0 Å². The fourth-order valence-corrected chi connectivity index (χ4v) is 5.06. The Bertz CT molecular complexity index is 1520. The zero-order valence-electron chi connectivity index (χ0n) is 20.5. The van der Waals surface area contributed by atoms with E-state index in [0.717, 1.165) is 50.8 Å². The van der Waals surface area contributed by atoms with Gasteiger partial charge in [0.1, 0.15) is 11.5 Å². The lowest BCUT2D eigenvalue weighted by Crippen LogP contribution is -2.38. The molecule has 1 saturated carbocycles. The van der Waals surface area contributed by atoms with Crippen LogP contribution in [0.25, 0.3) is 22.6 Å². The van der Waals surface area contributed by atoms with Crippen molar-refractivity contribution in [1.82, 2.24) is 29.3 Å². The molecule has 4 aromatic rings. The molecule has 37 heavy (non-hydrogen) atoms. The van der Waals surface area contributed by atoms with Crippen LogP contribution >= 0.6 is 0 Å². The number of benzene rings is 1. The number of amides is 1. The van der Waals surface area contributed by atoms with Crippen molar-refractivity contribution < 1.29 is 19.1 Å². The molecular weight excluding hydrogens is 475 g/mol. The van der Waals surface area contributed by atoms with Crippen LogP contribution in [-0.4, -0.2) is 58.8 Å². The fraction of sp³-hybridized carbons (Fsp3) is 0.370. The zero-order chi connectivity index (χ0) is 25.7. The lowest BCUT2D eigenvalue weighted by Gasteiger charge is -2.27. The average molecular weight is 503 g/mol. The summed E-state index contributed by atoms with van der Waals surface area (Å²) in [6.07, 6.45) is 8.83. The Kier molecular flexibility index (Phi) is 5.73. The van der Waals surface area contributed by atoms with E-state index in [1.807, 2.05) is 11.0 Å². The smallest absolute Gasteiger partial charge is 0.338 e. The summed E-state index contributed by atoms with van der Waals surface area (Å²) in [4.78, 5) is 31.2. The normalized spacial score (nSPS) is 18.2. The molecule has 0 spiro atoms. The van der Waals surface area contributed by atoms with Crippen LogP contribution in [0.2, 0.25) is 0 Å². The number of aromatic carboxylic acids is 1. The third kappa shape index (κ3) is 4.36. The summed E-state index contributed by atoms with van der Waals surface area (Å²) in [5, 5.41) is 17.8. The summed E-state index contributed by atoms with van der Waals surface area (Å²) in [6, 6.07) is 8.29. The number of hydrogen-bond donors (Lipinski definition) is 1. The minimum absolute atomic E-state index is 0.0171. The fourth-order valence-electron chi connectivity index (χ4n) is 5.06. The summed E-state index contributed by atoms with van der Waals surface area (Å²) in [5.74, 6) is -1.37. The predicted molar refractivity (Wildman–Crippen MR) is 133 cm³/mol. The van der Waals surface area contributed by atoms with Gasteiger partial charge in [0.15, 0.2) is 5.65 Å². The molecule has 4 heterocycles. The van der Waals surface area contributed by atoms with Crippen LogP contribution in [0.15, 0.2) is 42.7 Å². The number of halogens is 1. The number of likely N-dealkylation sites (tertiary alicyclic amines) is 1. The molecule has 3 aromatic heterocycles. The second-order valence-corrected chi connectivity index (χ2v) is 9.98. The van der Waals surface area contributed by atoms with Crippen molar-refractivity contribution in [3.8, 4) is 16.9 Å². The Hall–Kier alpha value is -4.08. The van der Waals surface area contributed by atoms with E-state index in [1.54, 1.807) is 22.7 Å². The van der Waals surface area contributed by atoms with Crippen molar-refractivity contribution in [2.75, 3.05) is 6.54 Å². The summed E-state index contributed by atoms with van der Waals surface area (Å²) in [7, 11) is 0. The van der Waals surface area contributed by atoms with Crippen molar-refractivity contribution in [3.63, 3.8) is 0 Å². The minimum Gasteiger partial charge on any atom is -0.478 e. The van der Waals surface area contributed by atoms with Gasteiger partial charge in [0.2, 0.25) is 0 Å². The van der Waals surface area contributed by atoms with Gasteiger partial charge in [0, 0.05) is 48.1 Å². The molecule has 190 valence electrons. The zero-order valence-corrected chi connectivity index (χ0v) is 20.5. The molecule has 1 atom stereocenters. The van der Waals surface area contributed by atoms with Gasteiger partial charge in [-0.25, -0.2) is 23.4 Å². The quantitative estimate of drug-likeness (QED) is 0.424. The number of carbonyl (C=O) groups excluding carboxylic acids is 1. The Morgan fingerprint density at radius 2 is 1.92 bits per heavy atom. The van der Waals surface area contributed by atoms with Gasteiger partial charge in [-0.1, -0.05) is 12.8 Å². The summed E-state index contributed by atoms with van der Waals surface area (Å²) in [5.41, 5.74) is 2.98. The minimum atomic E-state index is -1.10. The number of carboxylic acid groups (broad SMARTS) is 1. The van der Waals surface area contributed by atoms with Gasteiger partial charge >= 0.3 is 5.97 Å². The molecule has 10 heteroatoms. The molecular formula is C27H27FN6O3. The Balaban J connectivity index is 1.36. The van der Waals surface area contributed by atoms with E-state index in [1.165, 1.54) is 23.1 Å². The van der Waals surface area contributed by atoms with Gasteiger partial charge in [-0.15, -0.1) is 0 Å². The highest BCUT2D eigenvalue weighted by molar-refractivity contribution is 5.93. The standard InChI is InChI=1S/C27H27FN6O3/c1-16-5-3-2-4-10-32(16)26(35)23-12-24(17-6-7-17)34-25(30-23)13-22(31-34)20-9-8-19(11-21(20)28)33-15-18(14-29-33)27(36)37/h8-9,11-17H,2-7,10H2,1H3,(H,36,37)/t16-/m1/s1. The lowest BCUT2D eigenvalue weighted by atomic mass is 10.1. The third-order valence-electron chi connectivity index (χ3n) is 7.31. The summed E-state index contributed by atoms with van der Waals surface area (Å²) in [6.45, 7) is 2.83. The first-order chi connectivity index (χ1) is 17.9. The largest absolute Gasteiger partial charge is 0.478 e. The molecule has 0 bridgehead atoms. The molecule has 1 aliphatic heterocycles. The van der Waals surface area contributed by atoms with Gasteiger partial charge < -0.3 is 10.0 Å². The molecule has 0 unspecified atom stereocenters. The van der Waals surface area contributed by atoms with Crippen LogP contribution in [0.5, 0.6) is 0 Å². The summed E-state index contributed by atoms with van der Waals surface area (Å²) >= 11 is 0. The molecule has 1 saturated heterocycles. The van der Waals surface area contributed by atoms with Crippen molar-refractivity contribution >= 4 is 17.5 Å². The first kappa shape index (κ1) is 23.3. The van der Waals surface area contributed by atoms with E-state index < -0.39 is 11.8 Å². The molecule has 1 aromatic carbocycles.